The number of thiazole rings is 1. The van der Waals surface area contributed by atoms with Crippen LogP contribution in [0.5, 0.6) is 0 Å². The summed E-state index contributed by atoms with van der Waals surface area (Å²) >= 11 is 1.60. The molecule has 0 saturated heterocycles. The van der Waals surface area contributed by atoms with Crippen LogP contribution in [0.1, 0.15) is 33.4 Å². The number of benzene rings is 3. The molecule has 4 heteroatoms. The highest BCUT2D eigenvalue weighted by molar-refractivity contribution is 7.22. The summed E-state index contributed by atoms with van der Waals surface area (Å²) in [4.78, 5) is 20.2. The van der Waals surface area contributed by atoms with Crippen molar-refractivity contribution < 1.29 is 4.79 Å². The Kier molecular flexibility index (Phi) is 5.69. The second kappa shape index (κ2) is 8.41. The average molecular weight is 415 g/mol. The molecule has 0 fully saturated rings. The van der Waals surface area contributed by atoms with Gasteiger partial charge in [0.25, 0.3) is 0 Å². The first-order valence-electron chi connectivity index (χ1n) is 10.2. The van der Waals surface area contributed by atoms with E-state index in [9.17, 15) is 4.79 Å². The van der Waals surface area contributed by atoms with Crippen LogP contribution in [0.4, 0.5) is 5.13 Å². The van der Waals surface area contributed by atoms with Crippen LogP contribution in [0.3, 0.4) is 0 Å². The molecule has 0 aliphatic heterocycles. The quantitative estimate of drug-likeness (QED) is 0.384. The van der Waals surface area contributed by atoms with E-state index in [-0.39, 0.29) is 5.91 Å². The fraction of sp³-hybridized carbons (Fsp3) is 0.231. The predicted molar refractivity (Wildman–Crippen MR) is 126 cm³/mol. The number of aryl methyl sites for hydroxylation is 4. The van der Waals surface area contributed by atoms with Gasteiger partial charge in [-0.1, -0.05) is 71.5 Å². The van der Waals surface area contributed by atoms with E-state index >= 15 is 0 Å². The van der Waals surface area contributed by atoms with Gasteiger partial charge in [0.15, 0.2) is 5.13 Å². The minimum Gasteiger partial charge on any atom is -0.283 e. The average Bonchev–Trinajstić information content (AvgIpc) is 3.13. The van der Waals surface area contributed by atoms with Gasteiger partial charge in [0.2, 0.25) is 5.91 Å². The summed E-state index contributed by atoms with van der Waals surface area (Å²) in [5.41, 5.74) is 7.84. The highest BCUT2D eigenvalue weighted by Crippen LogP contribution is 2.33. The lowest BCUT2D eigenvalue weighted by Gasteiger charge is -2.21. The zero-order valence-electron chi connectivity index (χ0n) is 17.9. The second-order valence-electron chi connectivity index (χ2n) is 8.00. The van der Waals surface area contributed by atoms with E-state index in [1.165, 1.54) is 16.7 Å². The van der Waals surface area contributed by atoms with E-state index in [1.54, 1.807) is 11.3 Å². The third kappa shape index (κ3) is 4.29. The summed E-state index contributed by atoms with van der Waals surface area (Å²) in [5.74, 6) is 0.0704. The van der Waals surface area contributed by atoms with Gasteiger partial charge in [-0.2, -0.15) is 0 Å². The second-order valence-corrected chi connectivity index (χ2v) is 8.98. The van der Waals surface area contributed by atoms with E-state index in [1.807, 2.05) is 23.1 Å². The van der Waals surface area contributed by atoms with Crippen molar-refractivity contribution in [2.45, 2.75) is 40.7 Å². The maximum absolute atomic E-state index is 13.5. The van der Waals surface area contributed by atoms with Crippen molar-refractivity contribution in [2.24, 2.45) is 0 Å². The molecule has 0 atom stereocenters. The highest BCUT2D eigenvalue weighted by Gasteiger charge is 2.22. The zero-order valence-corrected chi connectivity index (χ0v) is 18.7. The predicted octanol–water partition coefficient (Wildman–Crippen LogP) is 6.31. The first-order chi connectivity index (χ1) is 14.4. The lowest BCUT2D eigenvalue weighted by molar-refractivity contribution is -0.118. The van der Waals surface area contributed by atoms with Gasteiger partial charge in [0.1, 0.15) is 0 Å². The molecule has 3 nitrogen and oxygen atoms in total. The molecule has 30 heavy (non-hydrogen) atoms. The minimum atomic E-state index is 0.0704. The summed E-state index contributed by atoms with van der Waals surface area (Å²) in [7, 11) is 0. The Labute approximate surface area is 182 Å². The molecule has 0 unspecified atom stereocenters. The lowest BCUT2D eigenvalue weighted by atomic mass is 10.0. The van der Waals surface area contributed by atoms with Crippen LogP contribution in [-0.2, 0) is 17.8 Å². The van der Waals surface area contributed by atoms with E-state index in [0.717, 1.165) is 32.0 Å². The number of carbonyl (C=O) groups is 1. The molecular weight excluding hydrogens is 388 g/mol. The SMILES string of the molecule is Cc1ccc(C)c(CC(=O)N(Cc2ccccc2)c2nc3cc(C)cc(C)c3s2)c1. The van der Waals surface area contributed by atoms with Crippen LogP contribution in [0.25, 0.3) is 10.2 Å². The molecule has 1 heterocycles. The normalized spacial score (nSPS) is 11.1. The van der Waals surface area contributed by atoms with E-state index in [2.05, 4.69) is 70.2 Å². The summed E-state index contributed by atoms with van der Waals surface area (Å²) < 4.78 is 1.15. The van der Waals surface area contributed by atoms with Crippen molar-refractivity contribution in [3.05, 3.63) is 94.0 Å². The topological polar surface area (TPSA) is 33.2 Å². The fourth-order valence-electron chi connectivity index (χ4n) is 3.76. The first-order valence-corrected chi connectivity index (χ1v) is 11.0. The summed E-state index contributed by atoms with van der Waals surface area (Å²) in [5, 5.41) is 0.762. The Hall–Kier alpha value is -2.98. The van der Waals surface area contributed by atoms with Crippen LogP contribution >= 0.6 is 11.3 Å². The standard InChI is InChI=1S/C26H26N2OS/c1-17-10-11-19(3)22(13-17)15-24(29)28(16-21-8-6-5-7-9-21)26-27-23-14-18(2)12-20(4)25(23)30-26/h5-14H,15-16H2,1-4H3. The Bertz CT molecular complexity index is 1210. The van der Waals surface area contributed by atoms with Crippen molar-refractivity contribution >= 4 is 32.6 Å². The number of fused-ring (bicyclic) bond motifs is 1. The fourth-order valence-corrected chi connectivity index (χ4v) is 4.79. The number of anilines is 1. The Balaban J connectivity index is 1.73. The van der Waals surface area contributed by atoms with Gasteiger partial charge < -0.3 is 0 Å². The molecule has 4 aromatic rings. The molecule has 4 rings (SSSR count). The number of hydrogen-bond donors (Lipinski definition) is 0. The molecular formula is C26H26N2OS. The first kappa shape index (κ1) is 20.3. The van der Waals surface area contributed by atoms with E-state index < -0.39 is 0 Å². The largest absolute Gasteiger partial charge is 0.283 e. The molecule has 3 aromatic carbocycles. The van der Waals surface area contributed by atoms with Gasteiger partial charge in [-0.3, -0.25) is 9.69 Å². The molecule has 0 radical (unpaired) electrons. The molecule has 0 aliphatic carbocycles. The molecule has 1 aromatic heterocycles. The number of carbonyl (C=O) groups excluding carboxylic acids is 1. The van der Waals surface area contributed by atoms with Crippen LogP contribution < -0.4 is 4.90 Å². The van der Waals surface area contributed by atoms with Crippen LogP contribution in [0.15, 0.2) is 60.7 Å². The molecule has 0 bridgehead atoms. The number of hydrogen-bond acceptors (Lipinski definition) is 3. The molecule has 0 spiro atoms. The van der Waals surface area contributed by atoms with Gasteiger partial charge >= 0.3 is 0 Å². The monoisotopic (exact) mass is 414 g/mol. The Morgan fingerprint density at radius 3 is 2.43 bits per heavy atom. The highest BCUT2D eigenvalue weighted by atomic mass is 32.1. The van der Waals surface area contributed by atoms with Crippen molar-refractivity contribution in [1.29, 1.82) is 0 Å². The van der Waals surface area contributed by atoms with Crippen LogP contribution in [0.2, 0.25) is 0 Å². The number of rotatable bonds is 5. The summed E-state index contributed by atoms with van der Waals surface area (Å²) in [6, 6.07) is 20.7. The number of aromatic nitrogens is 1. The van der Waals surface area contributed by atoms with Gasteiger partial charge in [0.05, 0.1) is 23.2 Å². The van der Waals surface area contributed by atoms with Crippen molar-refractivity contribution in [1.82, 2.24) is 4.98 Å². The van der Waals surface area contributed by atoms with Crippen molar-refractivity contribution in [3.8, 4) is 0 Å². The molecule has 152 valence electrons. The van der Waals surface area contributed by atoms with Crippen LogP contribution in [0, 0.1) is 27.7 Å². The molecule has 0 aliphatic rings. The molecule has 1 amide bonds. The third-order valence-corrected chi connectivity index (χ3v) is 6.60. The molecule has 0 N–H and O–H groups in total. The zero-order chi connectivity index (χ0) is 21.3. The Morgan fingerprint density at radius 2 is 1.67 bits per heavy atom. The van der Waals surface area contributed by atoms with Gasteiger partial charge in [-0.25, -0.2) is 4.98 Å². The number of amides is 1. The summed E-state index contributed by atoms with van der Waals surface area (Å²) in [6.45, 7) is 8.83. The third-order valence-electron chi connectivity index (χ3n) is 5.37. The lowest BCUT2D eigenvalue weighted by Crippen LogP contribution is -2.31. The maximum Gasteiger partial charge on any atom is 0.233 e. The molecule has 0 saturated carbocycles. The van der Waals surface area contributed by atoms with Gasteiger partial charge in [-0.15, -0.1) is 0 Å². The van der Waals surface area contributed by atoms with Gasteiger partial charge in [0, 0.05) is 0 Å². The maximum atomic E-state index is 13.5. The minimum absolute atomic E-state index is 0.0704. The van der Waals surface area contributed by atoms with Crippen LogP contribution in [-0.4, -0.2) is 10.9 Å². The van der Waals surface area contributed by atoms with Gasteiger partial charge in [-0.05, 0) is 61.6 Å². The van der Waals surface area contributed by atoms with E-state index in [4.69, 9.17) is 4.98 Å². The Morgan fingerprint density at radius 1 is 0.900 bits per heavy atom. The number of nitrogens with zero attached hydrogens (tertiary/aromatic N) is 2. The van der Waals surface area contributed by atoms with Crippen molar-refractivity contribution in [2.75, 3.05) is 4.90 Å². The summed E-state index contributed by atoms with van der Waals surface area (Å²) in [6.07, 6.45) is 0.369. The van der Waals surface area contributed by atoms with Crippen molar-refractivity contribution in [3.63, 3.8) is 0 Å². The smallest absolute Gasteiger partial charge is 0.233 e. The van der Waals surface area contributed by atoms with E-state index in [0.29, 0.717) is 13.0 Å².